The molecule has 0 spiro atoms. The lowest BCUT2D eigenvalue weighted by Gasteiger charge is -2.15. The molecule has 1 aromatic heterocycles. The van der Waals surface area contributed by atoms with Crippen molar-refractivity contribution in [3.63, 3.8) is 0 Å². The molecule has 4 rings (SSSR count). The van der Waals surface area contributed by atoms with Crippen LogP contribution in [0.4, 0.5) is 11.4 Å². The molecule has 0 saturated heterocycles. The highest BCUT2D eigenvalue weighted by Gasteiger charge is 2.29. The second-order valence-electron chi connectivity index (χ2n) is 5.80. The summed E-state index contributed by atoms with van der Waals surface area (Å²) in [5, 5.41) is 19.0. The lowest BCUT2D eigenvalue weighted by molar-refractivity contribution is -0.384. The minimum absolute atomic E-state index is 0.0398. The molecule has 26 heavy (non-hydrogen) atoms. The minimum atomic E-state index is -0.467. The summed E-state index contributed by atoms with van der Waals surface area (Å²) in [6.07, 6.45) is 2.21. The summed E-state index contributed by atoms with van der Waals surface area (Å²) >= 11 is 3.37. The van der Waals surface area contributed by atoms with Gasteiger partial charge in [-0.15, -0.1) is 5.10 Å². The molecule has 1 aliphatic rings. The molecule has 0 N–H and O–H groups in total. The number of anilines is 1. The first kappa shape index (κ1) is 16.4. The zero-order chi connectivity index (χ0) is 18.3. The zero-order valence-electron chi connectivity index (χ0n) is 13.4. The van der Waals surface area contributed by atoms with Gasteiger partial charge in [0.2, 0.25) is 0 Å². The first-order valence-electron chi connectivity index (χ1n) is 7.80. The number of nitro groups is 1. The van der Waals surface area contributed by atoms with Crippen molar-refractivity contribution in [2.45, 2.75) is 6.42 Å². The van der Waals surface area contributed by atoms with Crippen molar-refractivity contribution >= 4 is 33.2 Å². The van der Waals surface area contributed by atoms with Crippen molar-refractivity contribution in [1.82, 2.24) is 15.0 Å². The third-order valence-electron chi connectivity index (χ3n) is 4.22. The van der Waals surface area contributed by atoms with Crippen LogP contribution < -0.4 is 4.90 Å². The van der Waals surface area contributed by atoms with Gasteiger partial charge in [0.05, 0.1) is 22.5 Å². The lowest BCUT2D eigenvalue weighted by atomic mass is 10.1. The molecule has 3 aromatic rings. The Morgan fingerprint density at radius 2 is 1.96 bits per heavy atom. The number of carbonyl (C=O) groups is 1. The maximum atomic E-state index is 12.8. The molecule has 0 unspecified atom stereocenters. The van der Waals surface area contributed by atoms with Gasteiger partial charge in [0.25, 0.3) is 11.6 Å². The van der Waals surface area contributed by atoms with Gasteiger partial charge in [0.1, 0.15) is 0 Å². The summed E-state index contributed by atoms with van der Waals surface area (Å²) in [7, 11) is 0. The fourth-order valence-corrected chi connectivity index (χ4v) is 3.18. The van der Waals surface area contributed by atoms with Gasteiger partial charge in [-0.2, -0.15) is 0 Å². The standard InChI is InChI=1S/C17H12BrN5O3/c18-12-2-5-13(6-3-12)22-10-15(19-20-22)17(24)21-8-7-11-1-4-14(23(25)26)9-16(11)21/h1-6,9-10H,7-8H2. The predicted molar refractivity (Wildman–Crippen MR) is 97.5 cm³/mol. The largest absolute Gasteiger partial charge is 0.306 e. The van der Waals surface area contributed by atoms with Gasteiger partial charge in [-0.25, -0.2) is 4.68 Å². The number of nitrogens with zero attached hydrogens (tertiary/aromatic N) is 5. The van der Waals surface area contributed by atoms with E-state index in [0.717, 1.165) is 15.7 Å². The van der Waals surface area contributed by atoms with E-state index >= 15 is 0 Å². The van der Waals surface area contributed by atoms with Crippen LogP contribution in [0.25, 0.3) is 5.69 Å². The molecule has 130 valence electrons. The predicted octanol–water partition coefficient (Wildman–Crippen LogP) is 3.14. The molecule has 0 radical (unpaired) electrons. The van der Waals surface area contributed by atoms with E-state index in [4.69, 9.17) is 0 Å². The van der Waals surface area contributed by atoms with Gasteiger partial charge in [0, 0.05) is 23.2 Å². The summed E-state index contributed by atoms with van der Waals surface area (Å²) in [6.45, 7) is 0.459. The van der Waals surface area contributed by atoms with Crippen molar-refractivity contribution < 1.29 is 9.72 Å². The molecule has 0 atom stereocenters. The summed E-state index contributed by atoms with van der Waals surface area (Å²) in [5.74, 6) is -0.326. The van der Waals surface area contributed by atoms with Gasteiger partial charge < -0.3 is 4.90 Å². The van der Waals surface area contributed by atoms with E-state index in [1.807, 2.05) is 24.3 Å². The van der Waals surface area contributed by atoms with Crippen molar-refractivity contribution in [3.05, 3.63) is 74.5 Å². The van der Waals surface area contributed by atoms with E-state index < -0.39 is 4.92 Å². The van der Waals surface area contributed by atoms with Crippen molar-refractivity contribution in [2.75, 3.05) is 11.4 Å². The Morgan fingerprint density at radius 3 is 2.69 bits per heavy atom. The topological polar surface area (TPSA) is 94.2 Å². The molecule has 1 aliphatic heterocycles. The molecule has 8 nitrogen and oxygen atoms in total. The summed E-state index contributed by atoms with van der Waals surface area (Å²) in [4.78, 5) is 24.9. The second kappa shape index (κ2) is 6.34. The smallest absolute Gasteiger partial charge is 0.280 e. The number of benzene rings is 2. The summed E-state index contributed by atoms with van der Waals surface area (Å²) in [6, 6.07) is 12.0. The van der Waals surface area contributed by atoms with Crippen LogP contribution in [0.2, 0.25) is 0 Å². The number of halogens is 1. The molecular formula is C17H12BrN5O3. The monoisotopic (exact) mass is 413 g/mol. The Morgan fingerprint density at radius 1 is 1.19 bits per heavy atom. The molecule has 9 heteroatoms. The molecule has 2 heterocycles. The molecule has 1 amide bonds. The Kier molecular flexibility index (Phi) is 4.00. The van der Waals surface area contributed by atoms with Gasteiger partial charge in [-0.1, -0.05) is 27.2 Å². The SMILES string of the molecule is O=C(c1cn(-c2ccc(Br)cc2)nn1)N1CCc2ccc([N+](=O)[O-])cc21. The van der Waals surface area contributed by atoms with Crippen LogP contribution in [0.15, 0.2) is 53.1 Å². The normalized spacial score (nSPS) is 12.9. The van der Waals surface area contributed by atoms with Crippen molar-refractivity contribution in [2.24, 2.45) is 0 Å². The second-order valence-corrected chi connectivity index (χ2v) is 6.72. The zero-order valence-corrected chi connectivity index (χ0v) is 15.0. The van der Waals surface area contributed by atoms with E-state index in [1.54, 1.807) is 12.3 Å². The van der Waals surface area contributed by atoms with Crippen LogP contribution >= 0.6 is 15.9 Å². The highest BCUT2D eigenvalue weighted by molar-refractivity contribution is 9.10. The molecule has 0 saturated carbocycles. The summed E-state index contributed by atoms with van der Waals surface area (Å²) < 4.78 is 2.46. The van der Waals surface area contributed by atoms with Crippen LogP contribution in [0.1, 0.15) is 16.1 Å². The number of aromatic nitrogens is 3. The third kappa shape index (κ3) is 2.86. The maximum Gasteiger partial charge on any atom is 0.280 e. The number of fused-ring (bicyclic) bond motifs is 1. The molecule has 0 aliphatic carbocycles. The van der Waals surface area contributed by atoms with Crippen LogP contribution in [-0.2, 0) is 6.42 Å². The van der Waals surface area contributed by atoms with Crippen LogP contribution in [0, 0.1) is 10.1 Å². The number of carbonyl (C=O) groups excluding carboxylic acids is 1. The number of non-ortho nitro benzene ring substituents is 1. The van der Waals surface area contributed by atoms with Crippen LogP contribution in [0.3, 0.4) is 0 Å². The Hall–Kier alpha value is -3.07. The van der Waals surface area contributed by atoms with Crippen molar-refractivity contribution in [3.8, 4) is 5.69 Å². The van der Waals surface area contributed by atoms with Crippen LogP contribution in [-0.4, -0.2) is 32.4 Å². The highest BCUT2D eigenvalue weighted by atomic mass is 79.9. The first-order valence-corrected chi connectivity index (χ1v) is 8.60. The van der Waals surface area contributed by atoms with E-state index in [2.05, 4.69) is 26.2 Å². The highest BCUT2D eigenvalue weighted by Crippen LogP contribution is 2.32. The average molecular weight is 414 g/mol. The number of nitro benzene ring substituents is 1. The molecular weight excluding hydrogens is 402 g/mol. The van der Waals surface area contributed by atoms with Crippen LogP contribution in [0.5, 0.6) is 0 Å². The number of hydrogen-bond donors (Lipinski definition) is 0. The van der Waals surface area contributed by atoms with E-state index in [9.17, 15) is 14.9 Å². The molecule has 0 fully saturated rings. The van der Waals surface area contributed by atoms with E-state index in [1.165, 1.54) is 21.7 Å². The van der Waals surface area contributed by atoms with E-state index in [0.29, 0.717) is 18.7 Å². The van der Waals surface area contributed by atoms with Crippen molar-refractivity contribution in [1.29, 1.82) is 0 Å². The average Bonchev–Trinajstić information content (AvgIpc) is 3.28. The number of rotatable bonds is 3. The first-order chi connectivity index (χ1) is 12.5. The van der Waals surface area contributed by atoms with Gasteiger partial charge in [-0.3, -0.25) is 14.9 Å². The third-order valence-corrected chi connectivity index (χ3v) is 4.75. The fraction of sp³-hybridized carbons (Fsp3) is 0.118. The molecule has 2 aromatic carbocycles. The Bertz CT molecular complexity index is 1020. The fourth-order valence-electron chi connectivity index (χ4n) is 2.91. The molecule has 0 bridgehead atoms. The van der Waals surface area contributed by atoms with Gasteiger partial charge in [-0.05, 0) is 36.2 Å². The van der Waals surface area contributed by atoms with Gasteiger partial charge in [0.15, 0.2) is 5.69 Å². The Balaban J connectivity index is 1.63. The minimum Gasteiger partial charge on any atom is -0.306 e. The van der Waals surface area contributed by atoms with Gasteiger partial charge >= 0.3 is 0 Å². The van der Waals surface area contributed by atoms with E-state index in [-0.39, 0.29) is 17.3 Å². The lowest BCUT2D eigenvalue weighted by Crippen LogP contribution is -2.29. The maximum absolute atomic E-state index is 12.8. The quantitative estimate of drug-likeness (QED) is 0.485. The number of amides is 1. The number of hydrogen-bond acceptors (Lipinski definition) is 5. The Labute approximate surface area is 156 Å². The summed E-state index contributed by atoms with van der Waals surface area (Å²) in [5.41, 5.74) is 2.39.